The Morgan fingerprint density at radius 3 is 2.35 bits per heavy atom. The van der Waals surface area contributed by atoms with Gasteiger partial charge in [-0.2, -0.15) is 0 Å². The molecule has 0 aliphatic rings. The van der Waals surface area contributed by atoms with E-state index in [1.54, 1.807) is 30.3 Å². The van der Waals surface area contributed by atoms with Crippen molar-refractivity contribution >= 4 is 10.0 Å². The molecule has 0 saturated carbocycles. The Balaban J connectivity index is 2.02. The summed E-state index contributed by atoms with van der Waals surface area (Å²) in [5.74, 6) is -1.65. The lowest BCUT2D eigenvalue weighted by Gasteiger charge is -2.07. The van der Waals surface area contributed by atoms with Gasteiger partial charge in [-0.1, -0.05) is 36.4 Å². The molecule has 0 aliphatic heterocycles. The normalized spacial score (nSPS) is 11.5. The van der Waals surface area contributed by atoms with E-state index in [2.05, 4.69) is 4.72 Å². The van der Waals surface area contributed by atoms with E-state index in [0.717, 1.165) is 12.1 Å². The maximum Gasteiger partial charge on any atom is 0.216 e. The second kappa shape index (κ2) is 6.11. The number of hydrogen-bond acceptors (Lipinski definition) is 2. The summed E-state index contributed by atoms with van der Waals surface area (Å²) in [6, 6.07) is 11.7. The van der Waals surface area contributed by atoms with E-state index in [1.807, 2.05) is 0 Å². The first kappa shape index (κ1) is 14.6. The van der Waals surface area contributed by atoms with Gasteiger partial charge in [-0.25, -0.2) is 21.9 Å². The lowest BCUT2D eigenvalue weighted by Crippen LogP contribution is -2.25. The van der Waals surface area contributed by atoms with Crippen LogP contribution >= 0.6 is 0 Å². The van der Waals surface area contributed by atoms with Gasteiger partial charge in [0.1, 0.15) is 11.6 Å². The van der Waals surface area contributed by atoms with Gasteiger partial charge >= 0.3 is 0 Å². The summed E-state index contributed by atoms with van der Waals surface area (Å²) in [6.45, 7) is -0.207. The molecule has 3 nitrogen and oxygen atoms in total. The summed E-state index contributed by atoms with van der Waals surface area (Å²) < 4.78 is 52.1. The molecule has 0 aliphatic carbocycles. The molecule has 2 rings (SSSR count). The van der Waals surface area contributed by atoms with E-state index >= 15 is 0 Å². The number of rotatable bonds is 5. The Labute approximate surface area is 116 Å². The molecule has 0 spiro atoms. The van der Waals surface area contributed by atoms with E-state index in [0.29, 0.717) is 5.56 Å². The number of benzene rings is 2. The van der Waals surface area contributed by atoms with Crippen LogP contribution in [-0.4, -0.2) is 8.42 Å². The summed E-state index contributed by atoms with van der Waals surface area (Å²) in [4.78, 5) is 0. The highest BCUT2D eigenvalue weighted by atomic mass is 32.2. The summed E-state index contributed by atoms with van der Waals surface area (Å²) in [5, 5.41) is 0. The Kier molecular flexibility index (Phi) is 4.46. The number of halogens is 2. The van der Waals surface area contributed by atoms with Crippen LogP contribution in [0.5, 0.6) is 0 Å². The fraction of sp³-hybridized carbons (Fsp3) is 0.143. The Morgan fingerprint density at radius 2 is 1.70 bits per heavy atom. The zero-order valence-electron chi connectivity index (χ0n) is 10.5. The fourth-order valence-electron chi connectivity index (χ4n) is 1.70. The summed E-state index contributed by atoms with van der Waals surface area (Å²) >= 11 is 0. The minimum Gasteiger partial charge on any atom is -0.212 e. The van der Waals surface area contributed by atoms with E-state index < -0.39 is 21.7 Å². The Morgan fingerprint density at radius 1 is 1.00 bits per heavy atom. The van der Waals surface area contributed by atoms with Crippen LogP contribution in [-0.2, 0) is 22.3 Å². The van der Waals surface area contributed by atoms with Gasteiger partial charge in [0.25, 0.3) is 0 Å². The monoisotopic (exact) mass is 297 g/mol. The topological polar surface area (TPSA) is 46.2 Å². The van der Waals surface area contributed by atoms with Crippen molar-refractivity contribution in [2.75, 3.05) is 0 Å². The molecule has 0 radical (unpaired) electrons. The van der Waals surface area contributed by atoms with Crippen LogP contribution in [0.15, 0.2) is 48.5 Å². The van der Waals surface area contributed by atoms with Crippen molar-refractivity contribution in [2.24, 2.45) is 0 Å². The second-order valence-corrected chi connectivity index (χ2v) is 6.11. The average Bonchev–Trinajstić information content (AvgIpc) is 2.38. The van der Waals surface area contributed by atoms with Crippen LogP contribution < -0.4 is 4.72 Å². The molecular formula is C14H13F2NO2S. The number of nitrogens with one attached hydrogen (secondary N) is 1. The molecule has 6 heteroatoms. The number of sulfonamides is 1. The first-order valence-electron chi connectivity index (χ1n) is 5.91. The van der Waals surface area contributed by atoms with E-state index in [-0.39, 0.29) is 17.9 Å². The first-order valence-corrected chi connectivity index (χ1v) is 7.57. The zero-order valence-corrected chi connectivity index (χ0v) is 11.3. The SMILES string of the molecule is O=S(=O)(Cc1ccccc1)NCc1ccc(F)cc1F. The molecule has 0 bridgehead atoms. The lowest BCUT2D eigenvalue weighted by atomic mass is 10.2. The predicted molar refractivity (Wildman–Crippen MR) is 72.3 cm³/mol. The molecular weight excluding hydrogens is 284 g/mol. The van der Waals surface area contributed by atoms with Crippen molar-refractivity contribution in [3.05, 3.63) is 71.3 Å². The molecule has 1 N–H and O–H groups in total. The fourth-order valence-corrected chi connectivity index (χ4v) is 2.81. The van der Waals surface area contributed by atoms with Crippen molar-refractivity contribution in [3.63, 3.8) is 0 Å². The third-order valence-corrected chi connectivity index (χ3v) is 3.99. The van der Waals surface area contributed by atoms with Crippen LogP contribution in [0.25, 0.3) is 0 Å². The Bertz CT molecular complexity index is 688. The van der Waals surface area contributed by atoms with Gasteiger partial charge in [0.05, 0.1) is 5.75 Å². The minimum absolute atomic E-state index is 0.100. The highest BCUT2D eigenvalue weighted by Gasteiger charge is 2.12. The third kappa shape index (κ3) is 4.11. The Hall–Kier alpha value is -1.79. The van der Waals surface area contributed by atoms with E-state index in [4.69, 9.17) is 0 Å². The van der Waals surface area contributed by atoms with Crippen molar-refractivity contribution in [1.82, 2.24) is 4.72 Å². The molecule has 0 fully saturated rings. The average molecular weight is 297 g/mol. The maximum atomic E-state index is 13.4. The van der Waals surface area contributed by atoms with Gasteiger partial charge in [-0.3, -0.25) is 0 Å². The minimum atomic E-state index is -3.57. The summed E-state index contributed by atoms with van der Waals surface area (Å²) in [7, 11) is -3.57. The molecule has 2 aromatic rings. The zero-order chi connectivity index (χ0) is 14.6. The van der Waals surface area contributed by atoms with Gasteiger partial charge in [0, 0.05) is 18.2 Å². The van der Waals surface area contributed by atoms with Gasteiger partial charge < -0.3 is 0 Å². The number of hydrogen-bond donors (Lipinski definition) is 1. The second-order valence-electron chi connectivity index (χ2n) is 4.30. The molecule has 0 aromatic heterocycles. The first-order chi connectivity index (χ1) is 9.46. The lowest BCUT2D eigenvalue weighted by molar-refractivity contribution is 0.562. The highest BCUT2D eigenvalue weighted by molar-refractivity contribution is 7.88. The predicted octanol–water partition coefficient (Wildman–Crippen LogP) is 2.58. The molecule has 0 saturated heterocycles. The van der Waals surface area contributed by atoms with Crippen LogP contribution in [0.1, 0.15) is 11.1 Å². The smallest absolute Gasteiger partial charge is 0.212 e. The summed E-state index contributed by atoms with van der Waals surface area (Å²) in [5.41, 5.74) is 0.739. The van der Waals surface area contributed by atoms with Crippen molar-refractivity contribution in [1.29, 1.82) is 0 Å². The molecule has 106 valence electrons. The van der Waals surface area contributed by atoms with Gasteiger partial charge in [-0.15, -0.1) is 0 Å². The molecule has 0 atom stereocenters. The third-order valence-electron chi connectivity index (χ3n) is 2.70. The van der Waals surface area contributed by atoms with Crippen molar-refractivity contribution in [3.8, 4) is 0 Å². The van der Waals surface area contributed by atoms with Gasteiger partial charge in [0.2, 0.25) is 10.0 Å². The van der Waals surface area contributed by atoms with E-state index in [1.165, 1.54) is 6.07 Å². The molecule has 0 amide bonds. The van der Waals surface area contributed by atoms with Crippen LogP contribution in [0.3, 0.4) is 0 Å². The van der Waals surface area contributed by atoms with Crippen molar-refractivity contribution < 1.29 is 17.2 Å². The van der Waals surface area contributed by atoms with E-state index in [9.17, 15) is 17.2 Å². The van der Waals surface area contributed by atoms with Gasteiger partial charge in [0.15, 0.2) is 0 Å². The maximum absolute atomic E-state index is 13.4. The highest BCUT2D eigenvalue weighted by Crippen LogP contribution is 2.10. The van der Waals surface area contributed by atoms with Crippen LogP contribution in [0, 0.1) is 11.6 Å². The quantitative estimate of drug-likeness (QED) is 0.922. The molecule has 0 unspecified atom stereocenters. The largest absolute Gasteiger partial charge is 0.216 e. The standard InChI is InChI=1S/C14H13F2NO2S/c15-13-7-6-12(14(16)8-13)9-17-20(18,19)10-11-4-2-1-3-5-11/h1-8,17H,9-10H2. The van der Waals surface area contributed by atoms with Crippen LogP contribution in [0.2, 0.25) is 0 Å². The molecule has 0 heterocycles. The van der Waals surface area contributed by atoms with Crippen molar-refractivity contribution in [2.45, 2.75) is 12.3 Å². The summed E-state index contributed by atoms with van der Waals surface area (Å²) in [6.07, 6.45) is 0. The van der Waals surface area contributed by atoms with Gasteiger partial charge in [-0.05, 0) is 11.6 Å². The molecule has 2 aromatic carbocycles. The molecule has 20 heavy (non-hydrogen) atoms. The van der Waals surface area contributed by atoms with Crippen LogP contribution in [0.4, 0.5) is 8.78 Å².